The first kappa shape index (κ1) is 12.5. The molecule has 0 radical (unpaired) electrons. The van der Waals surface area contributed by atoms with Crippen molar-refractivity contribution in [2.75, 3.05) is 5.73 Å². The van der Waals surface area contributed by atoms with Crippen LogP contribution in [0.2, 0.25) is 0 Å². The molecule has 0 atom stereocenters. The van der Waals surface area contributed by atoms with Gasteiger partial charge >= 0.3 is 0 Å². The monoisotopic (exact) mass is 307 g/mol. The maximum Gasteiger partial charge on any atom is 0.0355 e. The van der Waals surface area contributed by atoms with E-state index in [1.807, 2.05) is 13.0 Å². The van der Waals surface area contributed by atoms with Gasteiger partial charge in [0.25, 0.3) is 0 Å². The lowest BCUT2D eigenvalue weighted by atomic mass is 10.2. The Hall–Kier alpha value is -0.930. The van der Waals surface area contributed by atoms with Crippen molar-refractivity contribution in [1.82, 2.24) is 0 Å². The van der Waals surface area contributed by atoms with Gasteiger partial charge in [0.15, 0.2) is 0 Å². The molecule has 3 heteroatoms. The minimum atomic E-state index is 0.825. The summed E-state index contributed by atoms with van der Waals surface area (Å²) in [4.78, 5) is 2.44. The van der Waals surface area contributed by atoms with Gasteiger partial charge in [-0.05, 0) is 59.6 Å². The molecule has 0 bridgehead atoms. The number of nitrogen functional groups attached to an aromatic ring is 1. The Balaban J connectivity index is 2.33. The molecule has 0 saturated heterocycles. The first-order valence-electron chi connectivity index (χ1n) is 5.36. The van der Waals surface area contributed by atoms with Crippen molar-refractivity contribution in [3.63, 3.8) is 0 Å². The summed E-state index contributed by atoms with van der Waals surface area (Å²) in [5, 5.41) is 0. The molecular weight excluding hydrogens is 294 g/mol. The third-order valence-corrected chi connectivity index (χ3v) is 4.50. The van der Waals surface area contributed by atoms with E-state index in [0.29, 0.717) is 0 Å². The van der Waals surface area contributed by atoms with E-state index < -0.39 is 0 Å². The maximum atomic E-state index is 5.87. The zero-order chi connectivity index (χ0) is 12.4. The normalized spacial score (nSPS) is 10.5. The average molecular weight is 308 g/mol. The lowest BCUT2D eigenvalue weighted by Gasteiger charge is -2.08. The van der Waals surface area contributed by atoms with E-state index >= 15 is 0 Å². The van der Waals surface area contributed by atoms with Crippen LogP contribution in [-0.2, 0) is 0 Å². The van der Waals surface area contributed by atoms with E-state index in [-0.39, 0.29) is 0 Å². The topological polar surface area (TPSA) is 26.0 Å². The summed E-state index contributed by atoms with van der Waals surface area (Å²) in [6.07, 6.45) is 0. The van der Waals surface area contributed by atoms with Gasteiger partial charge in [0.05, 0.1) is 0 Å². The van der Waals surface area contributed by atoms with E-state index in [1.54, 1.807) is 11.8 Å². The van der Waals surface area contributed by atoms with Crippen LogP contribution in [0.25, 0.3) is 0 Å². The fraction of sp³-hybridized carbons (Fsp3) is 0.143. The molecule has 2 rings (SSSR count). The van der Waals surface area contributed by atoms with Gasteiger partial charge < -0.3 is 5.73 Å². The van der Waals surface area contributed by atoms with Crippen LogP contribution in [0.1, 0.15) is 11.1 Å². The predicted molar refractivity (Wildman–Crippen MR) is 78.6 cm³/mol. The van der Waals surface area contributed by atoms with Gasteiger partial charge in [0.2, 0.25) is 0 Å². The molecule has 0 aliphatic rings. The zero-order valence-corrected chi connectivity index (χ0v) is 12.2. The van der Waals surface area contributed by atoms with Crippen molar-refractivity contribution in [2.24, 2.45) is 0 Å². The molecule has 2 aromatic rings. The van der Waals surface area contributed by atoms with Gasteiger partial charge in [-0.25, -0.2) is 0 Å². The standard InChI is InChI=1S/C14H14BrNS/c1-9-4-3-5-11(6-9)17-14-7-10(2)13(16)8-12(14)15/h3-8H,16H2,1-2H3. The third kappa shape index (κ3) is 3.05. The summed E-state index contributed by atoms with van der Waals surface area (Å²) < 4.78 is 1.05. The van der Waals surface area contributed by atoms with Crippen LogP contribution < -0.4 is 5.73 Å². The molecule has 0 aliphatic carbocycles. The van der Waals surface area contributed by atoms with Crippen LogP contribution in [-0.4, -0.2) is 0 Å². The molecular formula is C14H14BrNS. The van der Waals surface area contributed by atoms with Crippen molar-refractivity contribution in [3.05, 3.63) is 52.0 Å². The molecule has 2 N–H and O–H groups in total. The first-order chi connectivity index (χ1) is 8.06. The Kier molecular flexibility index (Phi) is 3.79. The highest BCUT2D eigenvalue weighted by atomic mass is 79.9. The molecule has 0 aliphatic heterocycles. The Morgan fingerprint density at radius 1 is 1.12 bits per heavy atom. The predicted octanol–water partition coefficient (Wildman–Crippen LogP) is 4.80. The van der Waals surface area contributed by atoms with Gasteiger partial charge in [-0.15, -0.1) is 0 Å². The van der Waals surface area contributed by atoms with E-state index in [1.165, 1.54) is 15.4 Å². The molecule has 17 heavy (non-hydrogen) atoms. The minimum Gasteiger partial charge on any atom is -0.398 e. The molecule has 0 spiro atoms. The molecule has 0 aromatic heterocycles. The Labute approximate surface area is 115 Å². The van der Waals surface area contributed by atoms with Crippen LogP contribution in [0.5, 0.6) is 0 Å². The lowest BCUT2D eigenvalue weighted by molar-refractivity contribution is 1.31. The Morgan fingerprint density at radius 2 is 1.88 bits per heavy atom. The highest BCUT2D eigenvalue weighted by molar-refractivity contribution is 9.10. The summed E-state index contributed by atoms with van der Waals surface area (Å²) in [5.41, 5.74) is 9.08. The number of anilines is 1. The highest BCUT2D eigenvalue weighted by Gasteiger charge is 2.05. The van der Waals surface area contributed by atoms with Crippen LogP contribution in [0.3, 0.4) is 0 Å². The molecule has 0 unspecified atom stereocenters. The van der Waals surface area contributed by atoms with E-state index in [9.17, 15) is 0 Å². The van der Waals surface area contributed by atoms with Gasteiger partial charge in [0.1, 0.15) is 0 Å². The van der Waals surface area contributed by atoms with Crippen molar-refractivity contribution in [3.8, 4) is 0 Å². The van der Waals surface area contributed by atoms with E-state index in [4.69, 9.17) is 5.73 Å². The first-order valence-corrected chi connectivity index (χ1v) is 6.97. The van der Waals surface area contributed by atoms with Crippen LogP contribution >= 0.6 is 27.7 Å². The molecule has 2 aromatic carbocycles. The number of benzene rings is 2. The average Bonchev–Trinajstić information content (AvgIpc) is 2.26. The Bertz CT molecular complexity index is 552. The quantitative estimate of drug-likeness (QED) is 0.807. The van der Waals surface area contributed by atoms with Crippen molar-refractivity contribution in [1.29, 1.82) is 0 Å². The van der Waals surface area contributed by atoms with Crippen LogP contribution in [0, 0.1) is 13.8 Å². The van der Waals surface area contributed by atoms with Crippen LogP contribution in [0.15, 0.2) is 50.7 Å². The summed E-state index contributed by atoms with van der Waals surface area (Å²) in [7, 11) is 0. The van der Waals surface area contributed by atoms with E-state index in [2.05, 4.69) is 53.2 Å². The molecule has 0 saturated carbocycles. The number of rotatable bonds is 2. The van der Waals surface area contributed by atoms with E-state index in [0.717, 1.165) is 15.7 Å². The molecule has 0 heterocycles. The van der Waals surface area contributed by atoms with Crippen molar-refractivity contribution >= 4 is 33.4 Å². The zero-order valence-electron chi connectivity index (χ0n) is 9.83. The third-order valence-electron chi connectivity index (χ3n) is 2.54. The SMILES string of the molecule is Cc1cccc(Sc2cc(C)c(N)cc2Br)c1. The summed E-state index contributed by atoms with van der Waals surface area (Å²) in [5.74, 6) is 0. The summed E-state index contributed by atoms with van der Waals surface area (Å²) >= 11 is 5.31. The minimum absolute atomic E-state index is 0.825. The smallest absolute Gasteiger partial charge is 0.0355 e. The number of nitrogens with two attached hydrogens (primary N) is 1. The van der Waals surface area contributed by atoms with Gasteiger partial charge in [-0.3, -0.25) is 0 Å². The second-order valence-electron chi connectivity index (χ2n) is 4.06. The van der Waals surface area contributed by atoms with Crippen molar-refractivity contribution in [2.45, 2.75) is 23.6 Å². The molecule has 0 amide bonds. The largest absolute Gasteiger partial charge is 0.398 e. The molecule has 0 fully saturated rings. The van der Waals surface area contributed by atoms with Gasteiger partial charge in [0, 0.05) is 20.0 Å². The van der Waals surface area contributed by atoms with Crippen molar-refractivity contribution < 1.29 is 0 Å². The second-order valence-corrected chi connectivity index (χ2v) is 6.03. The summed E-state index contributed by atoms with van der Waals surface area (Å²) in [6, 6.07) is 12.6. The number of hydrogen-bond donors (Lipinski definition) is 1. The van der Waals surface area contributed by atoms with Gasteiger partial charge in [-0.1, -0.05) is 29.5 Å². The Morgan fingerprint density at radius 3 is 2.59 bits per heavy atom. The highest BCUT2D eigenvalue weighted by Crippen LogP contribution is 2.36. The molecule has 88 valence electrons. The summed E-state index contributed by atoms with van der Waals surface area (Å²) in [6.45, 7) is 4.13. The fourth-order valence-corrected chi connectivity index (χ4v) is 3.20. The lowest BCUT2D eigenvalue weighted by Crippen LogP contribution is -1.90. The number of halogens is 1. The fourth-order valence-electron chi connectivity index (χ4n) is 1.55. The number of aryl methyl sites for hydroxylation is 2. The van der Waals surface area contributed by atoms with Gasteiger partial charge in [-0.2, -0.15) is 0 Å². The number of hydrogen-bond acceptors (Lipinski definition) is 2. The second kappa shape index (κ2) is 5.15. The maximum absolute atomic E-state index is 5.87. The molecule has 1 nitrogen and oxygen atoms in total. The van der Waals surface area contributed by atoms with Crippen LogP contribution in [0.4, 0.5) is 5.69 Å².